The highest BCUT2D eigenvalue weighted by Gasteiger charge is 2.37. The number of hydrogen-bond donors (Lipinski definition) is 1. The second kappa shape index (κ2) is 5.98. The van der Waals surface area contributed by atoms with Crippen molar-refractivity contribution in [2.24, 2.45) is 0 Å². The molecule has 1 atom stereocenters. The Morgan fingerprint density at radius 1 is 1.48 bits per heavy atom. The minimum atomic E-state index is -3.85. The molecule has 1 saturated heterocycles. The van der Waals surface area contributed by atoms with Crippen molar-refractivity contribution in [3.63, 3.8) is 0 Å². The maximum absolute atomic E-state index is 12.7. The van der Waals surface area contributed by atoms with Gasteiger partial charge < -0.3 is 5.32 Å². The quantitative estimate of drug-likeness (QED) is 0.664. The first-order chi connectivity index (χ1) is 9.89. The van der Waals surface area contributed by atoms with Crippen LogP contribution in [0.1, 0.15) is 26.7 Å². The molecule has 0 aromatic heterocycles. The van der Waals surface area contributed by atoms with Gasteiger partial charge in [-0.3, -0.25) is 10.1 Å². The van der Waals surface area contributed by atoms with E-state index in [1.54, 1.807) is 6.92 Å². The molecular weight excluding hydrogens is 294 g/mol. The Bertz CT molecular complexity index is 645. The summed E-state index contributed by atoms with van der Waals surface area (Å²) < 4.78 is 26.8. The molecule has 1 aromatic rings. The van der Waals surface area contributed by atoms with E-state index in [0.717, 1.165) is 12.8 Å². The highest BCUT2D eigenvalue weighted by atomic mass is 32.2. The van der Waals surface area contributed by atoms with E-state index in [9.17, 15) is 18.5 Å². The summed E-state index contributed by atoms with van der Waals surface area (Å²) in [5.41, 5.74) is -0.145. The van der Waals surface area contributed by atoms with Gasteiger partial charge >= 0.3 is 5.69 Å². The van der Waals surface area contributed by atoms with Gasteiger partial charge in [-0.05, 0) is 38.8 Å². The van der Waals surface area contributed by atoms with E-state index in [2.05, 4.69) is 5.32 Å². The van der Waals surface area contributed by atoms with Gasteiger partial charge in [0, 0.05) is 19.1 Å². The van der Waals surface area contributed by atoms with Crippen molar-refractivity contribution in [1.29, 1.82) is 0 Å². The molecule has 8 heteroatoms. The first kappa shape index (κ1) is 15.7. The molecule has 1 fully saturated rings. The van der Waals surface area contributed by atoms with E-state index >= 15 is 0 Å². The number of nitro benzene ring substituents is 1. The molecule has 1 aromatic carbocycles. The van der Waals surface area contributed by atoms with E-state index in [1.807, 2.05) is 6.92 Å². The van der Waals surface area contributed by atoms with Gasteiger partial charge in [-0.1, -0.05) is 6.07 Å². The minimum absolute atomic E-state index is 0.127. The normalized spacial score (nSPS) is 19.6. The van der Waals surface area contributed by atoms with Crippen molar-refractivity contribution >= 4 is 21.4 Å². The summed E-state index contributed by atoms with van der Waals surface area (Å²) in [5, 5.41) is 14.2. The summed E-state index contributed by atoms with van der Waals surface area (Å²) >= 11 is 0. The number of para-hydroxylation sites is 1. The van der Waals surface area contributed by atoms with E-state index in [0.29, 0.717) is 13.1 Å². The monoisotopic (exact) mass is 313 g/mol. The lowest BCUT2D eigenvalue weighted by atomic mass is 10.2. The number of hydrogen-bond acceptors (Lipinski definition) is 5. The number of benzene rings is 1. The lowest BCUT2D eigenvalue weighted by Crippen LogP contribution is -2.34. The van der Waals surface area contributed by atoms with Gasteiger partial charge in [0.1, 0.15) is 5.69 Å². The molecule has 21 heavy (non-hydrogen) atoms. The van der Waals surface area contributed by atoms with Gasteiger partial charge in [0.2, 0.25) is 10.0 Å². The third-order valence-electron chi connectivity index (χ3n) is 3.63. The Kier molecular flexibility index (Phi) is 4.48. The van der Waals surface area contributed by atoms with Crippen LogP contribution >= 0.6 is 0 Å². The summed E-state index contributed by atoms with van der Waals surface area (Å²) in [6.45, 7) is 4.51. The average molecular weight is 313 g/mol. The molecule has 2 rings (SSSR count). The molecule has 116 valence electrons. The van der Waals surface area contributed by atoms with Crippen molar-refractivity contribution in [2.75, 3.05) is 18.4 Å². The van der Waals surface area contributed by atoms with Gasteiger partial charge in [0.05, 0.1) is 4.92 Å². The first-order valence-electron chi connectivity index (χ1n) is 6.92. The molecule has 0 aliphatic carbocycles. The summed E-state index contributed by atoms with van der Waals surface area (Å²) in [5.74, 6) is 0. The number of anilines is 1. The smallest absolute Gasteiger partial charge is 0.312 e. The van der Waals surface area contributed by atoms with Gasteiger partial charge in [0.25, 0.3) is 0 Å². The molecule has 0 bridgehead atoms. The van der Waals surface area contributed by atoms with Crippen molar-refractivity contribution in [3.05, 3.63) is 28.3 Å². The zero-order chi connectivity index (χ0) is 15.6. The SMILES string of the molecule is CCNc1cccc(S(=O)(=O)N2CCCC2C)c1[N+](=O)[O-]. The fourth-order valence-corrected chi connectivity index (χ4v) is 4.52. The molecule has 1 N–H and O–H groups in total. The van der Waals surface area contributed by atoms with Crippen LogP contribution in [0.25, 0.3) is 0 Å². The Hall–Kier alpha value is -1.67. The standard InChI is InChI=1S/C13H19N3O4S/c1-3-14-11-7-4-8-12(13(11)16(17)18)21(19,20)15-9-5-6-10(15)2/h4,7-8,10,14H,3,5-6,9H2,1-2H3. The molecule has 0 amide bonds. The highest BCUT2D eigenvalue weighted by Crippen LogP contribution is 2.35. The Labute approximate surface area is 124 Å². The molecule has 0 radical (unpaired) electrons. The van der Waals surface area contributed by atoms with Crippen LogP contribution in [0.4, 0.5) is 11.4 Å². The summed E-state index contributed by atoms with van der Waals surface area (Å²) in [4.78, 5) is 10.5. The maximum atomic E-state index is 12.7. The largest absolute Gasteiger partial charge is 0.380 e. The van der Waals surface area contributed by atoms with E-state index < -0.39 is 14.9 Å². The zero-order valence-electron chi connectivity index (χ0n) is 12.1. The molecule has 7 nitrogen and oxygen atoms in total. The van der Waals surface area contributed by atoms with Crippen molar-refractivity contribution in [3.8, 4) is 0 Å². The Balaban J connectivity index is 2.57. The lowest BCUT2D eigenvalue weighted by molar-refractivity contribution is -0.386. The molecule has 1 aliphatic heterocycles. The predicted molar refractivity (Wildman–Crippen MR) is 79.8 cm³/mol. The van der Waals surface area contributed by atoms with Crippen molar-refractivity contribution < 1.29 is 13.3 Å². The van der Waals surface area contributed by atoms with Gasteiger partial charge in [-0.2, -0.15) is 4.31 Å². The number of nitro groups is 1. The second-order valence-corrected chi connectivity index (χ2v) is 6.91. The fourth-order valence-electron chi connectivity index (χ4n) is 2.64. The van der Waals surface area contributed by atoms with Crippen LogP contribution in [-0.4, -0.2) is 36.8 Å². The topological polar surface area (TPSA) is 92.6 Å². The Morgan fingerprint density at radius 3 is 2.71 bits per heavy atom. The number of nitrogens with one attached hydrogen (secondary N) is 1. The summed E-state index contributed by atoms with van der Waals surface area (Å²) in [6.07, 6.45) is 1.56. The van der Waals surface area contributed by atoms with Crippen LogP contribution in [-0.2, 0) is 10.0 Å². The van der Waals surface area contributed by atoms with E-state index in [1.165, 1.54) is 22.5 Å². The van der Waals surface area contributed by atoms with Gasteiger partial charge in [0.15, 0.2) is 4.90 Å². The molecule has 1 aliphatic rings. The van der Waals surface area contributed by atoms with Crippen LogP contribution in [0, 0.1) is 10.1 Å². The average Bonchev–Trinajstić information content (AvgIpc) is 2.85. The lowest BCUT2D eigenvalue weighted by Gasteiger charge is -2.21. The third-order valence-corrected chi connectivity index (χ3v) is 5.67. The van der Waals surface area contributed by atoms with E-state index in [-0.39, 0.29) is 22.3 Å². The second-order valence-electron chi connectivity index (χ2n) is 5.05. The fraction of sp³-hybridized carbons (Fsp3) is 0.538. The van der Waals surface area contributed by atoms with Crippen LogP contribution in [0.2, 0.25) is 0 Å². The highest BCUT2D eigenvalue weighted by molar-refractivity contribution is 7.89. The summed E-state index contributed by atoms with van der Waals surface area (Å²) in [7, 11) is -3.85. The molecule has 1 heterocycles. The maximum Gasteiger partial charge on any atom is 0.312 e. The first-order valence-corrected chi connectivity index (χ1v) is 8.36. The van der Waals surface area contributed by atoms with Crippen LogP contribution < -0.4 is 5.32 Å². The molecule has 0 saturated carbocycles. The predicted octanol–water partition coefficient (Wildman–Crippen LogP) is 2.20. The van der Waals surface area contributed by atoms with Crippen LogP contribution in [0.5, 0.6) is 0 Å². The summed E-state index contributed by atoms with van der Waals surface area (Å²) in [6, 6.07) is 4.23. The van der Waals surface area contributed by atoms with Crippen LogP contribution in [0.3, 0.4) is 0 Å². The van der Waals surface area contributed by atoms with E-state index in [4.69, 9.17) is 0 Å². The number of sulfonamides is 1. The minimum Gasteiger partial charge on any atom is -0.380 e. The van der Waals surface area contributed by atoms with Gasteiger partial charge in [-0.15, -0.1) is 0 Å². The number of nitrogens with zero attached hydrogens (tertiary/aromatic N) is 2. The van der Waals surface area contributed by atoms with Crippen molar-refractivity contribution in [2.45, 2.75) is 37.6 Å². The van der Waals surface area contributed by atoms with Crippen molar-refractivity contribution in [1.82, 2.24) is 4.31 Å². The molecule has 0 spiro atoms. The number of rotatable bonds is 5. The Morgan fingerprint density at radius 2 is 2.19 bits per heavy atom. The molecular formula is C13H19N3O4S. The van der Waals surface area contributed by atoms with Gasteiger partial charge in [-0.25, -0.2) is 8.42 Å². The third kappa shape index (κ3) is 2.86. The molecule has 1 unspecified atom stereocenters. The van der Waals surface area contributed by atoms with Crippen LogP contribution in [0.15, 0.2) is 23.1 Å². The zero-order valence-corrected chi connectivity index (χ0v) is 12.9.